The summed E-state index contributed by atoms with van der Waals surface area (Å²) in [7, 11) is -5.90. The van der Waals surface area contributed by atoms with Crippen molar-refractivity contribution in [2.75, 3.05) is 80.8 Å². The lowest BCUT2D eigenvalue weighted by Crippen LogP contribution is -2.47. The fourth-order valence-corrected chi connectivity index (χ4v) is 12.3. The van der Waals surface area contributed by atoms with Gasteiger partial charge >= 0.3 is 0 Å². The molecule has 2 saturated heterocycles. The van der Waals surface area contributed by atoms with E-state index in [1.165, 1.54) is 28.8 Å². The zero-order chi connectivity index (χ0) is 52.4. The molecule has 3 aliphatic heterocycles. The van der Waals surface area contributed by atoms with Gasteiger partial charge in [-0.1, -0.05) is 62.8 Å². The number of amides is 1. The van der Waals surface area contributed by atoms with Gasteiger partial charge in [-0.05, 0) is 122 Å². The third-order valence-electron chi connectivity index (χ3n) is 14.9. The van der Waals surface area contributed by atoms with Gasteiger partial charge in [-0.15, -0.1) is 0 Å². The van der Waals surface area contributed by atoms with Gasteiger partial charge in [-0.25, -0.2) is 13.1 Å². The Bertz CT molecular complexity index is 3000. The minimum atomic E-state index is -4.61. The number of nitro benzene ring substituents is 1. The fraction of sp³-hybridized carbons (Fsp3) is 0.491. The van der Waals surface area contributed by atoms with Crippen LogP contribution in [0, 0.1) is 21.4 Å². The van der Waals surface area contributed by atoms with E-state index in [2.05, 4.69) is 65.5 Å². The van der Waals surface area contributed by atoms with E-state index in [1.54, 1.807) is 6.07 Å². The van der Waals surface area contributed by atoms with Gasteiger partial charge in [0.15, 0.2) is 0 Å². The van der Waals surface area contributed by atoms with Crippen molar-refractivity contribution in [2.45, 2.75) is 103 Å². The van der Waals surface area contributed by atoms with E-state index in [0.717, 1.165) is 93.0 Å². The fourth-order valence-electron chi connectivity index (χ4n) is 10.4. The van der Waals surface area contributed by atoms with Crippen LogP contribution in [0.1, 0.15) is 75.2 Å². The summed E-state index contributed by atoms with van der Waals surface area (Å²) >= 11 is 6.31. The molecule has 0 radical (unpaired) electrons. The lowest BCUT2D eigenvalue weighted by atomic mass is 9.72. The number of allylic oxidation sites excluding steroid dienone is 1. The molecule has 0 spiro atoms. The first-order valence-electron chi connectivity index (χ1n) is 26.1. The molecule has 1 unspecified atom stereocenters. The van der Waals surface area contributed by atoms with Gasteiger partial charge < -0.3 is 33.9 Å². The van der Waals surface area contributed by atoms with Crippen LogP contribution in [0.25, 0.3) is 16.6 Å². The molecule has 2 fully saturated rings. The number of nitrogens with one attached hydrogen (secondary N) is 2. The highest BCUT2D eigenvalue weighted by molar-refractivity contribution is 7.90. The highest BCUT2D eigenvalue weighted by atomic mass is 35.5. The molecule has 74 heavy (non-hydrogen) atoms. The molecule has 2 aromatic heterocycles. The monoisotopic (exact) mass is 1070 g/mol. The number of sulfonamides is 1. The summed E-state index contributed by atoms with van der Waals surface area (Å²) in [5, 5.41) is 17.0. The Morgan fingerprint density at radius 2 is 1.77 bits per heavy atom. The number of ether oxygens (including phenoxy) is 3. The van der Waals surface area contributed by atoms with Gasteiger partial charge in [-0.3, -0.25) is 19.8 Å². The molecule has 16 nitrogen and oxygen atoms in total. The van der Waals surface area contributed by atoms with Crippen molar-refractivity contribution in [1.82, 2.24) is 19.2 Å². The minimum Gasteiger partial charge on any atom is -0.473 e. The number of nitrogens with zero attached hydrogens (tertiary/aromatic N) is 6. The summed E-state index contributed by atoms with van der Waals surface area (Å²) in [5.74, 6) is -0.326. The Morgan fingerprint density at radius 3 is 2.50 bits per heavy atom. The van der Waals surface area contributed by atoms with Crippen molar-refractivity contribution >= 4 is 80.6 Å². The van der Waals surface area contributed by atoms with E-state index in [1.807, 2.05) is 59.0 Å². The number of rotatable bonds is 17. The van der Waals surface area contributed by atoms with Crippen LogP contribution in [0.4, 0.5) is 28.4 Å². The highest BCUT2D eigenvalue weighted by Crippen LogP contribution is 2.45. The number of nitro groups is 1. The molecule has 2 N–H and O–H groups in total. The van der Waals surface area contributed by atoms with Crippen molar-refractivity contribution in [1.29, 1.82) is 0 Å². The number of aromatic nitrogens is 2. The Morgan fingerprint density at radius 1 is 0.986 bits per heavy atom. The van der Waals surface area contributed by atoms with Crippen molar-refractivity contribution < 1.29 is 32.3 Å². The molecular formula is C55H71ClN8O8SSi. The molecule has 396 valence electrons. The zero-order valence-electron chi connectivity index (χ0n) is 43.6. The molecule has 1 aliphatic carbocycles. The quantitative estimate of drug-likeness (QED) is 0.0390. The topological polar surface area (TPSA) is 174 Å². The van der Waals surface area contributed by atoms with E-state index in [9.17, 15) is 23.3 Å². The van der Waals surface area contributed by atoms with E-state index >= 15 is 0 Å². The van der Waals surface area contributed by atoms with Crippen LogP contribution in [0.15, 0.2) is 89.5 Å². The summed E-state index contributed by atoms with van der Waals surface area (Å²) in [6.45, 7) is 20.7. The number of hydrogen-bond donors (Lipinski definition) is 2. The molecular weight excluding hydrogens is 996 g/mol. The van der Waals surface area contributed by atoms with Crippen LogP contribution >= 0.6 is 11.6 Å². The summed E-state index contributed by atoms with van der Waals surface area (Å²) in [6, 6.07) is 22.4. The third-order valence-corrected chi connectivity index (χ3v) is 18.1. The summed E-state index contributed by atoms with van der Waals surface area (Å²) < 4.78 is 50.8. The van der Waals surface area contributed by atoms with Crippen molar-refractivity contribution in [3.8, 4) is 5.88 Å². The zero-order valence-corrected chi connectivity index (χ0v) is 46.2. The number of anilines is 4. The first kappa shape index (κ1) is 53.3. The maximum Gasteiger partial charge on any atom is 0.293 e. The van der Waals surface area contributed by atoms with Gasteiger partial charge in [0.25, 0.3) is 21.6 Å². The number of fused-ring (bicyclic) bond motifs is 2. The van der Waals surface area contributed by atoms with E-state index in [-0.39, 0.29) is 28.7 Å². The molecule has 3 aromatic carbocycles. The lowest BCUT2D eigenvalue weighted by Gasteiger charge is -2.39. The van der Waals surface area contributed by atoms with E-state index in [0.29, 0.717) is 69.0 Å². The molecule has 2 atom stereocenters. The molecule has 19 heteroatoms. The number of hydrogen-bond acceptors (Lipinski definition) is 13. The molecule has 1 amide bonds. The number of carbonyl (C=O) groups is 1. The number of carbonyl (C=O) groups excluding carboxylic acids is 1. The van der Waals surface area contributed by atoms with Crippen molar-refractivity contribution in [3.63, 3.8) is 0 Å². The summed E-state index contributed by atoms with van der Waals surface area (Å²) in [5.41, 5.74) is 6.92. The summed E-state index contributed by atoms with van der Waals surface area (Å²) in [4.78, 5) is 37.9. The van der Waals surface area contributed by atoms with Crippen molar-refractivity contribution in [3.05, 3.63) is 111 Å². The second kappa shape index (κ2) is 22.4. The predicted octanol–water partition coefficient (Wildman–Crippen LogP) is 11.0. The largest absolute Gasteiger partial charge is 0.473 e. The van der Waals surface area contributed by atoms with Crippen LogP contribution in [-0.2, 0) is 26.2 Å². The van der Waals surface area contributed by atoms with Crippen molar-refractivity contribution in [2.24, 2.45) is 11.3 Å². The maximum absolute atomic E-state index is 14.7. The Kier molecular flexibility index (Phi) is 16.1. The van der Waals surface area contributed by atoms with Crippen LogP contribution in [-0.4, -0.2) is 114 Å². The molecule has 5 aromatic rings. The first-order valence-corrected chi connectivity index (χ1v) is 31.6. The SMILES string of the molecule is C[C@H]1CCN(c2cc(N3CCN(CC4=C(c5ccc(Cl)cc5)CC(C)(C)CC4)CC3)ccc2C(=O)NS(=O)(=O)c2ccc(NCC3CCCOC3)c([N+](=O)[O-])c2)c2cc3ccn(COCC[Si](C)(C)C)c3nc2O1. The Labute approximate surface area is 441 Å². The lowest BCUT2D eigenvalue weighted by molar-refractivity contribution is -0.384. The number of pyridine rings is 1. The van der Waals surface area contributed by atoms with Gasteiger partial charge in [0, 0.05) is 102 Å². The van der Waals surface area contributed by atoms with Gasteiger partial charge in [-0.2, -0.15) is 4.98 Å². The number of benzene rings is 3. The van der Waals surface area contributed by atoms with E-state index in [4.69, 9.17) is 30.8 Å². The van der Waals surface area contributed by atoms with Gasteiger partial charge in [0.05, 0.1) is 33.8 Å². The second-order valence-electron chi connectivity index (χ2n) is 22.5. The second-order valence-corrected chi connectivity index (χ2v) is 30.2. The molecule has 5 heterocycles. The summed E-state index contributed by atoms with van der Waals surface area (Å²) in [6.07, 6.45) is 7.30. The standard InChI is InChI=1S/C55H71ClN8O8SSi/c1-38-18-22-63(51-30-41-19-21-62(52(41)58-54(51)72-38)37-71-28-29-74(4,5)6)49-31-44(61-25-23-60(24-26-61)35-42-17-20-55(2,3)33-47(42)40-9-11-43(56)12-10-40)13-15-46(49)53(65)59-73(68,69)45-14-16-48(50(32-45)64(66)67)57-34-39-8-7-27-70-36-39/h9-16,19,21,30-32,38-39,57H,7-8,17-18,20,22-29,33-37H2,1-6H3,(H,59,65)/t38-,39?/m0/s1. The van der Waals surface area contributed by atoms with Gasteiger partial charge in [0.2, 0.25) is 5.88 Å². The third kappa shape index (κ3) is 12.8. The highest BCUT2D eigenvalue weighted by Gasteiger charge is 2.33. The average Bonchev–Trinajstić information content (AvgIpc) is 3.68. The van der Waals surface area contributed by atoms with Gasteiger partial charge in [0.1, 0.15) is 23.8 Å². The smallest absolute Gasteiger partial charge is 0.293 e. The minimum absolute atomic E-state index is 0.106. The predicted molar refractivity (Wildman–Crippen MR) is 296 cm³/mol. The number of piperazine rings is 1. The van der Waals surface area contributed by atoms with Crippen LogP contribution in [0.5, 0.6) is 5.88 Å². The van der Waals surface area contributed by atoms with Crippen LogP contribution in [0.2, 0.25) is 30.7 Å². The normalized spacial score (nSPS) is 19.7. The molecule has 4 aliphatic rings. The molecule has 9 rings (SSSR count). The first-order chi connectivity index (χ1) is 35.3. The molecule has 0 bridgehead atoms. The Hall–Kier alpha value is -5.50. The van der Waals surface area contributed by atoms with Crippen LogP contribution in [0.3, 0.4) is 0 Å². The van der Waals surface area contributed by atoms with Crippen LogP contribution < -0.4 is 24.6 Å². The Balaban J connectivity index is 1.01. The van der Waals surface area contributed by atoms with E-state index < -0.39 is 39.5 Å². The number of halogens is 1. The maximum atomic E-state index is 14.7. The average molecular weight is 1070 g/mol. The molecule has 0 saturated carbocycles.